The van der Waals surface area contributed by atoms with Gasteiger partial charge in [-0.1, -0.05) is 31.2 Å². The van der Waals surface area contributed by atoms with Crippen LogP contribution in [0.2, 0.25) is 0 Å². The first-order valence-electron chi connectivity index (χ1n) is 6.77. The lowest BCUT2D eigenvalue weighted by Crippen LogP contribution is -2.47. The van der Waals surface area contributed by atoms with Gasteiger partial charge in [0.2, 0.25) is 0 Å². The molecule has 2 rings (SSSR count). The quantitative estimate of drug-likeness (QED) is 0.921. The molecule has 1 atom stereocenters. The molecule has 20 heavy (non-hydrogen) atoms. The molecule has 1 unspecified atom stereocenters. The number of nitrogens with one attached hydrogen (secondary N) is 1. The molecule has 0 spiro atoms. The van der Waals surface area contributed by atoms with Crippen molar-refractivity contribution in [2.24, 2.45) is 5.41 Å². The molecular weight excluding hydrogens is 267 g/mol. The summed E-state index contributed by atoms with van der Waals surface area (Å²) >= 11 is 0. The third-order valence-corrected chi connectivity index (χ3v) is 4.03. The van der Waals surface area contributed by atoms with E-state index < -0.39 is 17.4 Å². The number of ketones is 1. The number of carbonyl (C=O) groups is 1. The van der Waals surface area contributed by atoms with Crippen molar-refractivity contribution in [3.05, 3.63) is 35.4 Å². The SMILES string of the molecule is CCc1ccc(CC(=O)C2(C(F)(F)F)CCNC2)cc1. The highest BCUT2D eigenvalue weighted by Crippen LogP contribution is 2.44. The smallest absolute Gasteiger partial charge is 0.315 e. The van der Waals surface area contributed by atoms with E-state index in [2.05, 4.69) is 5.32 Å². The van der Waals surface area contributed by atoms with Gasteiger partial charge < -0.3 is 5.32 Å². The summed E-state index contributed by atoms with van der Waals surface area (Å²) in [6, 6.07) is 7.19. The van der Waals surface area contributed by atoms with Crippen LogP contribution in [0.5, 0.6) is 0 Å². The Bertz CT molecular complexity index is 473. The van der Waals surface area contributed by atoms with Gasteiger partial charge in [0.25, 0.3) is 0 Å². The number of benzene rings is 1. The Morgan fingerprint density at radius 2 is 1.85 bits per heavy atom. The van der Waals surface area contributed by atoms with Crippen molar-refractivity contribution in [3.8, 4) is 0 Å². The van der Waals surface area contributed by atoms with Gasteiger partial charge in [-0.3, -0.25) is 4.79 Å². The van der Waals surface area contributed by atoms with Crippen LogP contribution in [-0.4, -0.2) is 25.0 Å². The zero-order chi connectivity index (χ0) is 14.8. The third-order valence-electron chi connectivity index (χ3n) is 4.03. The molecule has 2 nitrogen and oxygen atoms in total. The molecule has 1 fully saturated rings. The van der Waals surface area contributed by atoms with Crippen LogP contribution in [0.15, 0.2) is 24.3 Å². The minimum absolute atomic E-state index is 0.162. The summed E-state index contributed by atoms with van der Waals surface area (Å²) in [5.41, 5.74) is -0.465. The van der Waals surface area contributed by atoms with E-state index in [1.807, 2.05) is 19.1 Å². The lowest BCUT2D eigenvalue weighted by molar-refractivity contribution is -0.214. The zero-order valence-corrected chi connectivity index (χ0v) is 11.4. The predicted octanol–water partition coefficient (Wildman–Crippen LogP) is 2.90. The normalized spacial score (nSPS) is 23.0. The highest BCUT2D eigenvalue weighted by molar-refractivity contribution is 5.88. The molecule has 0 radical (unpaired) electrons. The maximum absolute atomic E-state index is 13.2. The van der Waals surface area contributed by atoms with Gasteiger partial charge in [0.1, 0.15) is 5.41 Å². The minimum atomic E-state index is -4.49. The number of aryl methyl sites for hydroxylation is 1. The van der Waals surface area contributed by atoms with Gasteiger partial charge in [0, 0.05) is 13.0 Å². The van der Waals surface area contributed by atoms with E-state index in [0.29, 0.717) is 5.56 Å². The second-order valence-electron chi connectivity index (χ2n) is 5.28. The molecule has 1 aliphatic rings. The summed E-state index contributed by atoms with van der Waals surface area (Å²) in [6.07, 6.45) is -3.95. The fraction of sp³-hybridized carbons (Fsp3) is 0.533. The van der Waals surface area contributed by atoms with Gasteiger partial charge in [-0.25, -0.2) is 0 Å². The van der Waals surface area contributed by atoms with E-state index in [4.69, 9.17) is 0 Å². The fourth-order valence-electron chi connectivity index (χ4n) is 2.58. The van der Waals surface area contributed by atoms with Crippen molar-refractivity contribution >= 4 is 5.78 Å². The second kappa shape index (κ2) is 5.56. The van der Waals surface area contributed by atoms with E-state index in [-0.39, 0.29) is 25.9 Å². The first kappa shape index (κ1) is 15.0. The van der Waals surface area contributed by atoms with Crippen molar-refractivity contribution < 1.29 is 18.0 Å². The van der Waals surface area contributed by atoms with Gasteiger partial charge >= 0.3 is 6.18 Å². The largest absolute Gasteiger partial charge is 0.402 e. The van der Waals surface area contributed by atoms with Crippen molar-refractivity contribution in [3.63, 3.8) is 0 Å². The molecule has 1 saturated heterocycles. The molecule has 1 aliphatic heterocycles. The van der Waals surface area contributed by atoms with Crippen LogP contribution in [-0.2, 0) is 17.6 Å². The fourth-order valence-corrected chi connectivity index (χ4v) is 2.58. The van der Waals surface area contributed by atoms with Crippen LogP contribution in [0, 0.1) is 5.41 Å². The van der Waals surface area contributed by atoms with E-state index in [1.165, 1.54) is 0 Å². The van der Waals surface area contributed by atoms with E-state index >= 15 is 0 Å². The van der Waals surface area contributed by atoms with Gasteiger partial charge in [-0.15, -0.1) is 0 Å². The molecule has 0 aromatic heterocycles. The van der Waals surface area contributed by atoms with Crippen molar-refractivity contribution in [2.75, 3.05) is 13.1 Å². The Morgan fingerprint density at radius 3 is 2.30 bits per heavy atom. The van der Waals surface area contributed by atoms with E-state index in [1.54, 1.807) is 12.1 Å². The average Bonchev–Trinajstić information content (AvgIpc) is 2.90. The molecule has 0 aliphatic carbocycles. The van der Waals surface area contributed by atoms with Gasteiger partial charge in [-0.05, 0) is 30.5 Å². The van der Waals surface area contributed by atoms with Crippen LogP contribution < -0.4 is 5.32 Å². The standard InChI is InChI=1S/C15H18F3NO/c1-2-11-3-5-12(6-4-11)9-13(20)14(15(16,17)18)7-8-19-10-14/h3-6,19H,2,7-10H2,1H3. The number of hydrogen-bond acceptors (Lipinski definition) is 2. The monoisotopic (exact) mass is 285 g/mol. The van der Waals surface area contributed by atoms with Gasteiger partial charge in [-0.2, -0.15) is 13.2 Å². The number of carbonyl (C=O) groups excluding carboxylic acids is 1. The predicted molar refractivity (Wildman–Crippen MR) is 70.5 cm³/mol. The summed E-state index contributed by atoms with van der Waals surface area (Å²) in [4.78, 5) is 12.2. The maximum Gasteiger partial charge on any atom is 0.402 e. The number of rotatable bonds is 4. The number of hydrogen-bond donors (Lipinski definition) is 1. The average molecular weight is 285 g/mol. The van der Waals surface area contributed by atoms with Crippen molar-refractivity contribution in [2.45, 2.75) is 32.4 Å². The number of halogens is 3. The topological polar surface area (TPSA) is 29.1 Å². The molecule has 0 saturated carbocycles. The van der Waals surface area contributed by atoms with Gasteiger partial charge in [0.15, 0.2) is 5.78 Å². The van der Waals surface area contributed by atoms with Crippen LogP contribution in [0.1, 0.15) is 24.5 Å². The maximum atomic E-state index is 13.2. The van der Waals surface area contributed by atoms with Crippen molar-refractivity contribution in [1.29, 1.82) is 0 Å². The molecule has 1 heterocycles. The highest BCUT2D eigenvalue weighted by Gasteiger charge is 2.60. The molecule has 5 heteroatoms. The molecule has 0 amide bonds. The summed E-state index contributed by atoms with van der Waals surface area (Å²) in [5, 5.41) is 2.66. The Hall–Kier alpha value is -1.36. The van der Waals surface area contributed by atoms with Gasteiger partial charge in [0.05, 0.1) is 0 Å². The number of alkyl halides is 3. The summed E-state index contributed by atoms with van der Waals surface area (Å²) in [5.74, 6) is -0.737. The summed E-state index contributed by atoms with van der Waals surface area (Å²) < 4.78 is 39.7. The molecule has 1 aromatic carbocycles. The Morgan fingerprint density at radius 1 is 1.25 bits per heavy atom. The Balaban J connectivity index is 2.17. The molecule has 1 N–H and O–H groups in total. The lowest BCUT2D eigenvalue weighted by Gasteiger charge is -2.29. The lowest BCUT2D eigenvalue weighted by atomic mass is 9.79. The molecule has 0 bridgehead atoms. The third kappa shape index (κ3) is 2.73. The Labute approximate surface area is 116 Å². The summed E-state index contributed by atoms with van der Waals surface area (Å²) in [6.45, 7) is 1.94. The second-order valence-corrected chi connectivity index (χ2v) is 5.28. The first-order chi connectivity index (χ1) is 9.39. The number of Topliss-reactive ketones (excluding diaryl/α,β-unsaturated/α-hetero) is 1. The van der Waals surface area contributed by atoms with E-state index in [9.17, 15) is 18.0 Å². The van der Waals surface area contributed by atoms with E-state index in [0.717, 1.165) is 12.0 Å². The minimum Gasteiger partial charge on any atom is -0.315 e. The summed E-state index contributed by atoms with van der Waals surface area (Å²) in [7, 11) is 0. The highest BCUT2D eigenvalue weighted by atomic mass is 19.4. The van der Waals surface area contributed by atoms with Crippen LogP contribution in [0.3, 0.4) is 0 Å². The first-order valence-corrected chi connectivity index (χ1v) is 6.77. The van der Waals surface area contributed by atoms with Crippen LogP contribution >= 0.6 is 0 Å². The van der Waals surface area contributed by atoms with Crippen LogP contribution in [0.25, 0.3) is 0 Å². The molecular formula is C15H18F3NO. The Kier molecular flexibility index (Phi) is 4.18. The zero-order valence-electron chi connectivity index (χ0n) is 11.4. The molecule has 1 aromatic rings. The van der Waals surface area contributed by atoms with Crippen molar-refractivity contribution in [1.82, 2.24) is 5.32 Å². The van der Waals surface area contributed by atoms with Crippen LogP contribution in [0.4, 0.5) is 13.2 Å². The molecule has 110 valence electrons.